The molecule has 0 aromatic carbocycles. The van der Waals surface area contributed by atoms with E-state index in [2.05, 4.69) is 89.0 Å². The van der Waals surface area contributed by atoms with Crippen molar-refractivity contribution in [2.75, 3.05) is 20.3 Å². The SMILES string of the molecule is C=CC[C@@H]1O[C@H]2[C@@H]3O[C@H]4C[C@](CC[C@H]5CC(=C)[C@H](CC[C@H]6C[C@@H](C)C(=C)[C@@H](C[C@@H]7O[C@H](C[C@@H](CO[Si](CC)(CC)CC)O[Si](CC)(CC)CC)[C@H](OC)[C@H]7CCO)O6)O5)(O[C@@H]3[C@H]1O[Si](CC)(CC)CC)O[C@H]24. The van der Waals surface area contributed by atoms with Gasteiger partial charge in [0, 0.05) is 45.3 Å². The van der Waals surface area contributed by atoms with Gasteiger partial charge in [-0.05, 0) is 116 Å². The van der Waals surface area contributed by atoms with Gasteiger partial charge in [-0.2, -0.15) is 0 Å². The second-order valence-electron chi connectivity index (χ2n) is 23.2. The lowest BCUT2D eigenvalue weighted by atomic mass is 9.82. The second-order valence-corrected chi connectivity index (χ2v) is 37.4. The van der Waals surface area contributed by atoms with E-state index in [1.807, 2.05) is 6.08 Å². The molecule has 15 heteroatoms. The van der Waals surface area contributed by atoms with Gasteiger partial charge in [0.25, 0.3) is 0 Å². The molecule has 8 aliphatic rings. The van der Waals surface area contributed by atoms with E-state index in [1.54, 1.807) is 7.11 Å². The van der Waals surface area contributed by atoms with Crippen molar-refractivity contribution < 1.29 is 56.3 Å². The first-order valence-electron chi connectivity index (χ1n) is 29.4. The molecule has 414 valence electrons. The molecule has 8 fully saturated rings. The Morgan fingerprint density at radius 2 is 1.33 bits per heavy atom. The van der Waals surface area contributed by atoms with Crippen LogP contribution in [0.3, 0.4) is 0 Å². The quantitative estimate of drug-likeness (QED) is 0.0525. The number of hydrogen-bond donors (Lipinski definition) is 1. The van der Waals surface area contributed by atoms with E-state index >= 15 is 0 Å². The van der Waals surface area contributed by atoms with Gasteiger partial charge in [0.1, 0.15) is 30.5 Å². The molecule has 0 spiro atoms. The Kier molecular flexibility index (Phi) is 21.2. The van der Waals surface area contributed by atoms with Crippen LogP contribution in [0.5, 0.6) is 0 Å². The van der Waals surface area contributed by atoms with Crippen LogP contribution in [0.1, 0.15) is 140 Å². The molecular weight excluding hydrogens is 961 g/mol. The molecule has 6 bridgehead atoms. The van der Waals surface area contributed by atoms with Gasteiger partial charge in [0.05, 0.1) is 67.6 Å². The van der Waals surface area contributed by atoms with Crippen molar-refractivity contribution in [1.82, 2.24) is 0 Å². The Bertz CT molecular complexity index is 1720. The van der Waals surface area contributed by atoms with Crippen molar-refractivity contribution in [3.8, 4) is 0 Å². The van der Waals surface area contributed by atoms with Crippen LogP contribution in [0, 0.1) is 11.8 Å². The van der Waals surface area contributed by atoms with E-state index < -0.39 is 30.7 Å². The molecule has 0 amide bonds. The summed E-state index contributed by atoms with van der Waals surface area (Å²) < 4.78 is 76.5. The fourth-order valence-corrected chi connectivity index (χ4v) is 22.6. The fraction of sp³-hybridized carbons (Fsp3) is 0.895. The molecule has 72 heavy (non-hydrogen) atoms. The van der Waals surface area contributed by atoms with E-state index in [1.165, 1.54) is 0 Å². The lowest BCUT2D eigenvalue weighted by Crippen LogP contribution is -2.62. The Labute approximate surface area is 440 Å². The average molecular weight is 1060 g/mol. The number of hydrogen-bond acceptors (Lipinski definition) is 12. The van der Waals surface area contributed by atoms with E-state index in [9.17, 15) is 5.11 Å². The number of ether oxygens (including phenoxy) is 8. The summed E-state index contributed by atoms with van der Waals surface area (Å²) in [4.78, 5) is 0. The van der Waals surface area contributed by atoms with Crippen molar-refractivity contribution in [2.45, 2.75) is 292 Å². The molecule has 0 aromatic heterocycles. The van der Waals surface area contributed by atoms with Crippen molar-refractivity contribution >= 4 is 25.0 Å². The fourth-order valence-electron chi connectivity index (χ4n) is 14.3. The highest BCUT2D eigenvalue weighted by atomic mass is 28.4. The molecule has 8 aliphatic heterocycles. The third-order valence-electron chi connectivity index (χ3n) is 19.7. The average Bonchev–Trinajstić information content (AvgIpc) is 4.08. The summed E-state index contributed by atoms with van der Waals surface area (Å²) in [5, 5.41) is 10.4. The molecule has 0 unspecified atom stereocenters. The first-order valence-corrected chi connectivity index (χ1v) is 36.9. The standard InChI is InChI=1S/C57H102O12Si3/c1-15-25-46-53(69-72(22-8,23-9)24-10)56-55-54(64-46)52-50(65-55)36-57(66-52,67-56)30-28-42-33-39(12)45(61-42)27-26-41-32-38(11)40(13)47(62-41)35-48-44(29-31-58)51(59-14)49(63-48)34-43(68-71(19-5,20-6)21-7)37-60-70(16-2,17-3)18-4/h15,38,41-56,58H,1,12-13,16-37H2,2-11,14H3/t38-,41+,42+,43+,44+,45+,46+,47-,48+,49-,50+,51-,52+,53+,54-,55+,56-,57+/m1/s1. The number of aliphatic hydroxyl groups excluding tert-OH is 1. The Morgan fingerprint density at radius 3 is 1.96 bits per heavy atom. The predicted molar refractivity (Wildman–Crippen MR) is 293 cm³/mol. The Hall–Kier alpha value is -0.609. The zero-order valence-corrected chi connectivity index (χ0v) is 50.0. The highest BCUT2D eigenvalue weighted by Crippen LogP contribution is 2.54. The van der Waals surface area contributed by atoms with Gasteiger partial charge in [-0.3, -0.25) is 0 Å². The molecule has 18 atom stereocenters. The molecular formula is C57H102O12Si3. The summed E-state index contributed by atoms with van der Waals surface area (Å²) in [5.41, 5.74) is 2.28. The summed E-state index contributed by atoms with van der Waals surface area (Å²) in [6.07, 6.45) is 8.57. The molecule has 8 heterocycles. The minimum absolute atomic E-state index is 0.0227. The van der Waals surface area contributed by atoms with Gasteiger partial charge in [-0.15, -0.1) is 6.58 Å². The predicted octanol–water partition coefficient (Wildman–Crippen LogP) is 12.0. The lowest BCUT2D eigenvalue weighted by molar-refractivity contribution is -0.271. The van der Waals surface area contributed by atoms with Crippen molar-refractivity contribution in [1.29, 1.82) is 0 Å². The van der Waals surface area contributed by atoms with Gasteiger partial charge in [0.15, 0.2) is 30.7 Å². The van der Waals surface area contributed by atoms with Crippen LogP contribution in [-0.4, -0.2) is 148 Å². The second kappa shape index (κ2) is 25.9. The van der Waals surface area contributed by atoms with E-state index in [0.29, 0.717) is 44.6 Å². The lowest BCUT2D eigenvalue weighted by Gasteiger charge is -2.47. The molecule has 0 saturated carbocycles. The summed E-state index contributed by atoms with van der Waals surface area (Å²) in [5.74, 6) is -0.430. The van der Waals surface area contributed by atoms with Gasteiger partial charge < -0.3 is 56.3 Å². The van der Waals surface area contributed by atoms with Crippen LogP contribution in [0.15, 0.2) is 37.0 Å². The van der Waals surface area contributed by atoms with Crippen LogP contribution in [0.4, 0.5) is 0 Å². The van der Waals surface area contributed by atoms with Crippen molar-refractivity contribution in [2.24, 2.45) is 11.8 Å². The maximum Gasteiger partial charge on any atom is 0.192 e. The highest BCUT2D eigenvalue weighted by Gasteiger charge is 2.68. The van der Waals surface area contributed by atoms with Gasteiger partial charge in [-0.25, -0.2) is 0 Å². The van der Waals surface area contributed by atoms with E-state index in [4.69, 9.17) is 51.2 Å². The Morgan fingerprint density at radius 1 is 0.694 bits per heavy atom. The largest absolute Gasteiger partial charge is 0.414 e. The Balaban J connectivity index is 0.961. The van der Waals surface area contributed by atoms with E-state index in [0.717, 1.165) is 104 Å². The van der Waals surface area contributed by atoms with Gasteiger partial charge in [-0.1, -0.05) is 88.5 Å². The summed E-state index contributed by atoms with van der Waals surface area (Å²) in [6.45, 7) is 36.8. The molecule has 0 radical (unpaired) electrons. The van der Waals surface area contributed by atoms with Crippen LogP contribution >= 0.6 is 0 Å². The third kappa shape index (κ3) is 12.6. The van der Waals surface area contributed by atoms with E-state index in [-0.39, 0.29) is 104 Å². The zero-order valence-electron chi connectivity index (χ0n) is 47.0. The van der Waals surface area contributed by atoms with Crippen LogP contribution in [0.25, 0.3) is 0 Å². The minimum atomic E-state index is -2.00. The highest BCUT2D eigenvalue weighted by molar-refractivity contribution is 6.74. The number of methoxy groups -OCH3 is 1. The van der Waals surface area contributed by atoms with Gasteiger partial charge >= 0.3 is 0 Å². The van der Waals surface area contributed by atoms with Crippen LogP contribution in [-0.2, 0) is 51.2 Å². The summed E-state index contributed by atoms with van der Waals surface area (Å²) in [7, 11) is -4.00. The molecule has 8 rings (SSSR count). The first kappa shape index (κ1) is 59.1. The van der Waals surface area contributed by atoms with Crippen LogP contribution in [0.2, 0.25) is 54.4 Å². The summed E-state index contributed by atoms with van der Waals surface area (Å²) in [6, 6.07) is 9.73. The maximum atomic E-state index is 10.4. The summed E-state index contributed by atoms with van der Waals surface area (Å²) >= 11 is 0. The normalized spacial score (nSPS) is 38.3. The van der Waals surface area contributed by atoms with Crippen molar-refractivity contribution in [3.05, 3.63) is 37.0 Å². The third-order valence-corrected chi connectivity index (χ3v) is 33.7. The minimum Gasteiger partial charge on any atom is -0.414 e. The molecule has 1 N–H and O–H groups in total. The number of rotatable bonds is 31. The molecule has 0 aliphatic carbocycles. The molecule has 8 saturated heterocycles. The first-order chi connectivity index (χ1) is 34.6. The smallest absolute Gasteiger partial charge is 0.192 e. The molecule has 0 aromatic rings. The van der Waals surface area contributed by atoms with Crippen molar-refractivity contribution in [3.63, 3.8) is 0 Å². The topological polar surface area (TPSA) is 122 Å². The van der Waals surface area contributed by atoms with Gasteiger partial charge in [0.2, 0.25) is 0 Å². The molecule has 12 nitrogen and oxygen atoms in total. The maximum absolute atomic E-state index is 10.4. The zero-order chi connectivity index (χ0) is 52.0. The van der Waals surface area contributed by atoms with Crippen LogP contribution < -0.4 is 0 Å². The number of aliphatic hydroxyl groups is 1. The monoisotopic (exact) mass is 1060 g/mol.